The number of aliphatic hydroxyl groups is 1. The third kappa shape index (κ3) is 4.09. The topological polar surface area (TPSA) is 71.2 Å². The lowest BCUT2D eigenvalue weighted by atomic mass is 10.2. The highest BCUT2D eigenvalue weighted by Crippen LogP contribution is 2.09. The second-order valence-electron chi connectivity index (χ2n) is 3.42. The molecule has 0 aromatic carbocycles. The molecular weight excluding hydrogens is 178 g/mol. The van der Waals surface area contributed by atoms with E-state index in [1.54, 1.807) is 19.3 Å². The average molecular weight is 195 g/mol. The summed E-state index contributed by atoms with van der Waals surface area (Å²) in [5.74, 6) is 0. The molecule has 0 saturated heterocycles. The molecule has 0 amide bonds. The minimum absolute atomic E-state index is 0.226. The van der Waals surface area contributed by atoms with E-state index in [1.807, 2.05) is 6.07 Å². The smallest absolute Gasteiger partial charge is 0.0547 e. The van der Waals surface area contributed by atoms with Crippen LogP contribution in [0.1, 0.15) is 19.8 Å². The van der Waals surface area contributed by atoms with E-state index >= 15 is 0 Å². The van der Waals surface area contributed by atoms with Crippen LogP contribution in [0.4, 0.5) is 11.4 Å². The van der Waals surface area contributed by atoms with E-state index in [9.17, 15) is 0 Å². The molecule has 1 aromatic rings. The zero-order chi connectivity index (χ0) is 10.4. The highest BCUT2D eigenvalue weighted by atomic mass is 16.3. The molecule has 78 valence electrons. The van der Waals surface area contributed by atoms with Crippen LogP contribution in [0.2, 0.25) is 0 Å². The largest absolute Gasteiger partial charge is 0.397 e. The van der Waals surface area contributed by atoms with E-state index in [1.165, 1.54) is 0 Å². The lowest BCUT2D eigenvalue weighted by molar-refractivity contribution is 0.183. The minimum atomic E-state index is -0.226. The number of rotatable bonds is 5. The number of nitrogens with zero attached hydrogens (tertiary/aromatic N) is 1. The summed E-state index contributed by atoms with van der Waals surface area (Å²) in [6, 6.07) is 1.84. The van der Waals surface area contributed by atoms with E-state index in [4.69, 9.17) is 10.8 Å². The van der Waals surface area contributed by atoms with Crippen molar-refractivity contribution in [2.45, 2.75) is 25.9 Å². The Morgan fingerprint density at radius 1 is 1.57 bits per heavy atom. The highest BCUT2D eigenvalue weighted by Gasteiger charge is 1.96. The van der Waals surface area contributed by atoms with Gasteiger partial charge in [-0.25, -0.2) is 0 Å². The number of nitrogens with two attached hydrogens (primary N) is 1. The number of aliphatic hydroxyl groups excluding tert-OH is 1. The van der Waals surface area contributed by atoms with Crippen LogP contribution in [0.3, 0.4) is 0 Å². The zero-order valence-corrected chi connectivity index (χ0v) is 8.40. The van der Waals surface area contributed by atoms with Crippen molar-refractivity contribution in [2.24, 2.45) is 0 Å². The summed E-state index contributed by atoms with van der Waals surface area (Å²) in [5, 5.41) is 12.2. The van der Waals surface area contributed by atoms with Crippen LogP contribution in [-0.4, -0.2) is 22.7 Å². The normalized spacial score (nSPS) is 12.4. The van der Waals surface area contributed by atoms with Gasteiger partial charge in [-0.1, -0.05) is 0 Å². The molecule has 1 rings (SSSR count). The van der Waals surface area contributed by atoms with Crippen LogP contribution in [-0.2, 0) is 0 Å². The molecule has 0 aliphatic carbocycles. The van der Waals surface area contributed by atoms with Gasteiger partial charge in [0.2, 0.25) is 0 Å². The van der Waals surface area contributed by atoms with Crippen molar-refractivity contribution in [3.8, 4) is 0 Å². The summed E-state index contributed by atoms with van der Waals surface area (Å²) in [4.78, 5) is 3.96. The molecule has 0 spiro atoms. The van der Waals surface area contributed by atoms with Gasteiger partial charge in [0.05, 0.1) is 23.7 Å². The van der Waals surface area contributed by atoms with Gasteiger partial charge < -0.3 is 16.2 Å². The number of hydrogen-bond acceptors (Lipinski definition) is 4. The van der Waals surface area contributed by atoms with E-state index in [0.29, 0.717) is 5.69 Å². The molecule has 1 atom stereocenters. The van der Waals surface area contributed by atoms with Gasteiger partial charge in [-0.15, -0.1) is 0 Å². The van der Waals surface area contributed by atoms with E-state index < -0.39 is 0 Å². The monoisotopic (exact) mass is 195 g/mol. The fourth-order valence-corrected chi connectivity index (χ4v) is 1.18. The third-order valence-electron chi connectivity index (χ3n) is 1.89. The van der Waals surface area contributed by atoms with Gasteiger partial charge >= 0.3 is 0 Å². The molecule has 1 heterocycles. The van der Waals surface area contributed by atoms with E-state index in [-0.39, 0.29) is 6.10 Å². The first-order valence-electron chi connectivity index (χ1n) is 4.81. The van der Waals surface area contributed by atoms with Crippen LogP contribution in [0.15, 0.2) is 18.5 Å². The zero-order valence-electron chi connectivity index (χ0n) is 8.40. The van der Waals surface area contributed by atoms with Crippen molar-refractivity contribution >= 4 is 11.4 Å². The van der Waals surface area contributed by atoms with Gasteiger partial charge in [0, 0.05) is 12.7 Å². The maximum atomic E-state index is 9.03. The summed E-state index contributed by atoms with van der Waals surface area (Å²) >= 11 is 0. The number of aromatic nitrogens is 1. The van der Waals surface area contributed by atoms with Crippen molar-refractivity contribution in [1.29, 1.82) is 0 Å². The maximum Gasteiger partial charge on any atom is 0.0547 e. The van der Waals surface area contributed by atoms with Crippen molar-refractivity contribution in [1.82, 2.24) is 4.98 Å². The van der Waals surface area contributed by atoms with Gasteiger partial charge in [-0.3, -0.25) is 4.98 Å². The lowest BCUT2D eigenvalue weighted by Gasteiger charge is -2.07. The molecular formula is C10H17N3O. The minimum Gasteiger partial charge on any atom is -0.397 e. The molecule has 0 aliphatic heterocycles. The molecule has 1 unspecified atom stereocenters. The number of nitrogen functional groups attached to an aromatic ring is 1. The molecule has 0 saturated carbocycles. The van der Waals surface area contributed by atoms with Crippen molar-refractivity contribution in [2.75, 3.05) is 17.6 Å². The Bertz CT molecular complexity index is 276. The van der Waals surface area contributed by atoms with Crippen molar-refractivity contribution in [3.63, 3.8) is 0 Å². The molecule has 0 bridgehead atoms. The molecule has 0 radical (unpaired) electrons. The molecule has 4 heteroatoms. The molecule has 0 aliphatic rings. The second-order valence-corrected chi connectivity index (χ2v) is 3.42. The van der Waals surface area contributed by atoms with Gasteiger partial charge in [0.1, 0.15) is 0 Å². The van der Waals surface area contributed by atoms with Gasteiger partial charge in [0.25, 0.3) is 0 Å². The van der Waals surface area contributed by atoms with Gasteiger partial charge in [-0.2, -0.15) is 0 Å². The molecule has 14 heavy (non-hydrogen) atoms. The van der Waals surface area contributed by atoms with Gasteiger partial charge in [-0.05, 0) is 25.8 Å². The maximum absolute atomic E-state index is 9.03. The lowest BCUT2D eigenvalue weighted by Crippen LogP contribution is -2.06. The summed E-state index contributed by atoms with van der Waals surface area (Å²) in [7, 11) is 0. The first kappa shape index (κ1) is 10.8. The molecule has 4 N–H and O–H groups in total. The first-order chi connectivity index (χ1) is 6.68. The highest BCUT2D eigenvalue weighted by molar-refractivity contribution is 5.51. The SMILES string of the molecule is CC(O)CCCNc1cncc(N)c1. The van der Waals surface area contributed by atoms with Crippen molar-refractivity contribution < 1.29 is 5.11 Å². The Labute approximate surface area is 84.2 Å². The predicted molar refractivity (Wildman–Crippen MR) is 58.1 cm³/mol. The Hall–Kier alpha value is -1.29. The Kier molecular flexibility index (Phi) is 4.19. The van der Waals surface area contributed by atoms with Crippen LogP contribution in [0.25, 0.3) is 0 Å². The van der Waals surface area contributed by atoms with Crippen LogP contribution in [0.5, 0.6) is 0 Å². The number of pyridine rings is 1. The molecule has 0 fully saturated rings. The summed E-state index contributed by atoms with van der Waals surface area (Å²) in [6.45, 7) is 2.62. The summed E-state index contributed by atoms with van der Waals surface area (Å²) < 4.78 is 0. The van der Waals surface area contributed by atoms with Crippen LogP contribution >= 0.6 is 0 Å². The molecule has 4 nitrogen and oxygen atoms in total. The van der Waals surface area contributed by atoms with E-state index in [2.05, 4.69) is 10.3 Å². The Morgan fingerprint density at radius 2 is 2.36 bits per heavy atom. The molecule has 1 aromatic heterocycles. The van der Waals surface area contributed by atoms with Crippen molar-refractivity contribution in [3.05, 3.63) is 18.5 Å². The summed E-state index contributed by atoms with van der Waals surface area (Å²) in [5.41, 5.74) is 7.15. The van der Waals surface area contributed by atoms with Gasteiger partial charge in [0.15, 0.2) is 0 Å². The van der Waals surface area contributed by atoms with E-state index in [0.717, 1.165) is 25.1 Å². The number of anilines is 2. The Morgan fingerprint density at radius 3 is 3.00 bits per heavy atom. The summed E-state index contributed by atoms with van der Waals surface area (Å²) in [6.07, 6.45) is 4.87. The fraction of sp³-hybridized carbons (Fsp3) is 0.500. The quantitative estimate of drug-likeness (QED) is 0.618. The first-order valence-corrected chi connectivity index (χ1v) is 4.81. The second kappa shape index (κ2) is 5.44. The number of hydrogen-bond donors (Lipinski definition) is 3. The number of nitrogens with one attached hydrogen (secondary N) is 1. The van der Waals surface area contributed by atoms with Crippen LogP contribution < -0.4 is 11.1 Å². The predicted octanol–water partition coefficient (Wildman–Crippen LogP) is 1.24. The van der Waals surface area contributed by atoms with Crippen LogP contribution in [0, 0.1) is 0 Å². The Balaban J connectivity index is 2.25. The standard InChI is InChI=1S/C10H17N3O/c1-8(14)3-2-4-13-10-5-9(11)6-12-7-10/h5-8,13-14H,2-4,11H2,1H3. The fourth-order valence-electron chi connectivity index (χ4n) is 1.18. The third-order valence-corrected chi connectivity index (χ3v) is 1.89. The average Bonchev–Trinajstić information content (AvgIpc) is 2.12.